The van der Waals surface area contributed by atoms with Gasteiger partial charge in [0.15, 0.2) is 0 Å². The summed E-state index contributed by atoms with van der Waals surface area (Å²) >= 11 is 0. The van der Waals surface area contributed by atoms with Gasteiger partial charge >= 0.3 is 0 Å². The third-order valence-electron chi connectivity index (χ3n) is 6.92. The molecule has 2 saturated carbocycles. The normalized spacial score (nSPS) is 17.1. The van der Waals surface area contributed by atoms with Gasteiger partial charge in [-0.1, -0.05) is 50.1 Å². The first-order chi connectivity index (χ1) is 17.8. The van der Waals surface area contributed by atoms with Crippen molar-refractivity contribution in [3.8, 4) is 0 Å². The Hall–Kier alpha value is -3.23. The molecular formula is C28H40N4O5. The number of hydrogen-bond acceptors (Lipinski definition) is 5. The molecule has 4 N–H and O–H groups in total. The number of ketones is 1. The molecule has 202 valence electrons. The molecule has 0 heterocycles. The maximum Gasteiger partial charge on any atom is 0.289 e. The first-order valence-corrected chi connectivity index (χ1v) is 13.6. The molecule has 0 saturated heterocycles. The number of Topliss-reactive ketones (excluding diaryl/α,β-unsaturated/α-hetero) is 1. The van der Waals surface area contributed by atoms with Crippen LogP contribution in [-0.4, -0.2) is 54.1 Å². The van der Waals surface area contributed by atoms with E-state index in [0.717, 1.165) is 37.7 Å². The van der Waals surface area contributed by atoms with Gasteiger partial charge in [-0.05, 0) is 56.4 Å². The number of carbonyl (C=O) groups is 5. The highest BCUT2D eigenvalue weighted by molar-refractivity contribution is 6.38. The van der Waals surface area contributed by atoms with E-state index < -0.39 is 29.7 Å². The number of rotatable bonds is 16. The summed E-state index contributed by atoms with van der Waals surface area (Å²) in [6.07, 6.45) is 5.14. The molecule has 2 fully saturated rings. The Morgan fingerprint density at radius 3 is 2.19 bits per heavy atom. The monoisotopic (exact) mass is 512 g/mol. The molecule has 3 atom stereocenters. The third kappa shape index (κ3) is 9.63. The Labute approximate surface area is 218 Å². The number of benzene rings is 1. The Bertz CT molecular complexity index is 959. The van der Waals surface area contributed by atoms with Gasteiger partial charge < -0.3 is 21.3 Å². The van der Waals surface area contributed by atoms with Crippen molar-refractivity contribution in [2.24, 2.45) is 5.92 Å². The molecule has 9 nitrogen and oxygen atoms in total. The standard InChI is InChI=1S/C28H40N4O5/c1-3-19(20-8-6-5-7-9-20)17-25(34)31-23(16-18-10-11-18)27(36)32-22(14-15-24(33)29-4-2)26(35)28(37)30-21-12-13-21/h5-9,18-19,21-23H,3-4,10-17H2,1-2H3,(H,29,33)(H,30,37)(H,31,34)(H,32,36)/t19?,22?,23-/m0/s1. The molecule has 2 aliphatic rings. The molecule has 37 heavy (non-hydrogen) atoms. The van der Waals surface area contributed by atoms with Gasteiger partial charge in [0, 0.05) is 25.4 Å². The zero-order chi connectivity index (χ0) is 26.8. The van der Waals surface area contributed by atoms with E-state index in [4.69, 9.17) is 0 Å². The van der Waals surface area contributed by atoms with Gasteiger partial charge in [0.2, 0.25) is 23.5 Å². The number of nitrogens with one attached hydrogen (secondary N) is 4. The number of carbonyl (C=O) groups excluding carboxylic acids is 5. The van der Waals surface area contributed by atoms with Crippen molar-refractivity contribution in [3.63, 3.8) is 0 Å². The minimum Gasteiger partial charge on any atom is -0.356 e. The fourth-order valence-electron chi connectivity index (χ4n) is 4.36. The molecule has 0 aromatic heterocycles. The second-order valence-corrected chi connectivity index (χ2v) is 10.2. The maximum absolute atomic E-state index is 13.3. The summed E-state index contributed by atoms with van der Waals surface area (Å²) in [5, 5.41) is 10.9. The summed E-state index contributed by atoms with van der Waals surface area (Å²) in [4.78, 5) is 63.6. The van der Waals surface area contributed by atoms with Crippen LogP contribution in [0.2, 0.25) is 0 Å². The number of amides is 4. The van der Waals surface area contributed by atoms with Crippen molar-refractivity contribution >= 4 is 29.4 Å². The zero-order valence-corrected chi connectivity index (χ0v) is 21.9. The van der Waals surface area contributed by atoms with Crippen LogP contribution in [0.15, 0.2) is 30.3 Å². The van der Waals surface area contributed by atoms with E-state index in [2.05, 4.69) is 21.3 Å². The van der Waals surface area contributed by atoms with E-state index >= 15 is 0 Å². The lowest BCUT2D eigenvalue weighted by Crippen LogP contribution is -2.54. The van der Waals surface area contributed by atoms with Gasteiger partial charge in [0.1, 0.15) is 6.04 Å². The highest BCUT2D eigenvalue weighted by Gasteiger charge is 2.35. The average Bonchev–Trinajstić information content (AvgIpc) is 3.82. The molecule has 0 radical (unpaired) electrons. The van der Waals surface area contributed by atoms with Gasteiger partial charge in [-0.15, -0.1) is 0 Å². The van der Waals surface area contributed by atoms with Crippen LogP contribution in [0.3, 0.4) is 0 Å². The Kier molecular flexibility index (Phi) is 10.7. The Balaban J connectivity index is 1.65. The van der Waals surface area contributed by atoms with Crippen LogP contribution < -0.4 is 21.3 Å². The number of hydrogen-bond donors (Lipinski definition) is 4. The molecule has 0 spiro atoms. The molecule has 1 aromatic rings. The van der Waals surface area contributed by atoms with Gasteiger partial charge in [-0.25, -0.2) is 0 Å². The molecule has 0 bridgehead atoms. The molecule has 3 rings (SSSR count). The molecular weight excluding hydrogens is 472 g/mol. The molecule has 4 amide bonds. The fraction of sp³-hybridized carbons (Fsp3) is 0.607. The quantitative estimate of drug-likeness (QED) is 0.252. The Morgan fingerprint density at radius 1 is 0.892 bits per heavy atom. The van der Waals surface area contributed by atoms with E-state index in [-0.39, 0.29) is 43.0 Å². The highest BCUT2D eigenvalue weighted by atomic mass is 16.2. The van der Waals surface area contributed by atoms with Crippen molar-refractivity contribution in [2.45, 2.75) is 95.7 Å². The SMILES string of the molecule is CCNC(=O)CCC(NC(=O)[C@H](CC1CC1)NC(=O)CC(CC)c1ccccc1)C(=O)C(=O)NC1CC1. The van der Waals surface area contributed by atoms with Crippen molar-refractivity contribution in [1.29, 1.82) is 0 Å². The van der Waals surface area contributed by atoms with Crippen LogP contribution in [0.5, 0.6) is 0 Å². The predicted octanol–water partition coefficient (Wildman–Crippen LogP) is 2.10. The lowest BCUT2D eigenvalue weighted by Gasteiger charge is -2.24. The summed E-state index contributed by atoms with van der Waals surface area (Å²) in [6, 6.07) is 7.85. The van der Waals surface area contributed by atoms with Crippen molar-refractivity contribution < 1.29 is 24.0 Å². The van der Waals surface area contributed by atoms with E-state index in [1.54, 1.807) is 6.92 Å². The summed E-state index contributed by atoms with van der Waals surface area (Å²) in [7, 11) is 0. The molecule has 9 heteroatoms. The lowest BCUT2D eigenvalue weighted by atomic mass is 9.92. The van der Waals surface area contributed by atoms with E-state index in [0.29, 0.717) is 18.9 Å². The van der Waals surface area contributed by atoms with Gasteiger partial charge in [0.05, 0.1) is 6.04 Å². The lowest BCUT2D eigenvalue weighted by molar-refractivity contribution is -0.141. The van der Waals surface area contributed by atoms with E-state index in [9.17, 15) is 24.0 Å². The third-order valence-corrected chi connectivity index (χ3v) is 6.92. The fourth-order valence-corrected chi connectivity index (χ4v) is 4.36. The highest BCUT2D eigenvalue weighted by Crippen LogP contribution is 2.34. The topological polar surface area (TPSA) is 133 Å². The smallest absolute Gasteiger partial charge is 0.289 e. The van der Waals surface area contributed by atoms with Crippen molar-refractivity contribution in [2.75, 3.05) is 6.54 Å². The van der Waals surface area contributed by atoms with Gasteiger partial charge in [-0.3, -0.25) is 24.0 Å². The van der Waals surface area contributed by atoms with Crippen LogP contribution >= 0.6 is 0 Å². The second kappa shape index (κ2) is 13.9. The summed E-state index contributed by atoms with van der Waals surface area (Å²) in [6.45, 7) is 4.26. The van der Waals surface area contributed by atoms with Gasteiger partial charge in [-0.2, -0.15) is 0 Å². The minimum atomic E-state index is -1.14. The van der Waals surface area contributed by atoms with Crippen LogP contribution in [0, 0.1) is 5.92 Å². The maximum atomic E-state index is 13.3. The first kappa shape index (κ1) is 28.3. The van der Waals surface area contributed by atoms with Crippen molar-refractivity contribution in [3.05, 3.63) is 35.9 Å². The zero-order valence-electron chi connectivity index (χ0n) is 21.9. The molecule has 2 aliphatic carbocycles. The first-order valence-electron chi connectivity index (χ1n) is 13.6. The summed E-state index contributed by atoms with van der Waals surface area (Å²) in [5.74, 6) is -2.13. The van der Waals surface area contributed by atoms with Crippen molar-refractivity contribution in [1.82, 2.24) is 21.3 Å². The predicted molar refractivity (Wildman–Crippen MR) is 139 cm³/mol. The van der Waals surface area contributed by atoms with Crippen LogP contribution in [0.1, 0.15) is 83.1 Å². The second-order valence-electron chi connectivity index (χ2n) is 10.2. The average molecular weight is 513 g/mol. The van der Waals surface area contributed by atoms with Crippen LogP contribution in [0.25, 0.3) is 0 Å². The van der Waals surface area contributed by atoms with E-state index in [1.807, 2.05) is 37.3 Å². The van der Waals surface area contributed by atoms with Gasteiger partial charge in [0.25, 0.3) is 5.91 Å². The summed E-state index contributed by atoms with van der Waals surface area (Å²) in [5.41, 5.74) is 1.07. The van der Waals surface area contributed by atoms with Crippen LogP contribution in [0.4, 0.5) is 0 Å². The molecule has 2 unspecified atom stereocenters. The molecule has 0 aliphatic heterocycles. The Morgan fingerprint density at radius 2 is 1.59 bits per heavy atom. The molecule has 1 aromatic carbocycles. The van der Waals surface area contributed by atoms with E-state index in [1.165, 1.54) is 0 Å². The largest absolute Gasteiger partial charge is 0.356 e. The minimum absolute atomic E-state index is 0.00383. The van der Waals surface area contributed by atoms with Crippen LogP contribution in [-0.2, 0) is 24.0 Å². The summed E-state index contributed by atoms with van der Waals surface area (Å²) < 4.78 is 0.